The number of para-hydroxylation sites is 2. The zero-order valence-corrected chi connectivity index (χ0v) is 16.0. The minimum absolute atomic E-state index is 0. The molecule has 2 aromatic carbocycles. The van der Waals surface area contributed by atoms with Crippen LogP contribution in [0.15, 0.2) is 54.9 Å². The number of hydrogen-bond acceptors (Lipinski definition) is 5. The van der Waals surface area contributed by atoms with Gasteiger partial charge >= 0.3 is 21.1 Å². The average Bonchev–Trinajstić information content (AvgIpc) is 3.29. The number of phenolic OH excluding ortho intramolecular Hbond substituents is 1. The van der Waals surface area contributed by atoms with Crippen molar-refractivity contribution in [2.75, 3.05) is 11.9 Å². The molecule has 3 aromatic rings. The summed E-state index contributed by atoms with van der Waals surface area (Å²) in [6.07, 6.45) is 3.14. The van der Waals surface area contributed by atoms with Gasteiger partial charge in [-0.05, 0) is 38.4 Å². The number of phenols is 1. The fraction of sp³-hybridized carbons (Fsp3) is 0.105. The first-order chi connectivity index (χ1) is 13.3. The molecular formula is C19H17N5OPt. The summed E-state index contributed by atoms with van der Waals surface area (Å²) in [5, 5.41) is 14.6. The average molecular weight is 529 g/mol. The quantitative estimate of drug-likeness (QED) is 0.529. The van der Waals surface area contributed by atoms with E-state index in [1.165, 1.54) is 12.9 Å². The number of aromatic nitrogens is 3. The third-order valence-electron chi connectivity index (χ3n) is 3.81. The van der Waals surface area contributed by atoms with Gasteiger partial charge in [0, 0.05) is 4.11 Å². The van der Waals surface area contributed by atoms with E-state index in [1.54, 1.807) is 40.9 Å². The molecule has 1 aliphatic heterocycles. The van der Waals surface area contributed by atoms with Gasteiger partial charge in [0.2, 0.25) is 0 Å². The molecule has 0 bridgehead atoms. The van der Waals surface area contributed by atoms with Crippen molar-refractivity contribution in [3.8, 4) is 22.8 Å². The normalized spacial score (nSPS) is 15.3. The van der Waals surface area contributed by atoms with Crippen LogP contribution in [0.1, 0.15) is 9.94 Å². The van der Waals surface area contributed by atoms with Gasteiger partial charge in [-0.25, -0.2) is 4.68 Å². The fourth-order valence-corrected chi connectivity index (χ4v) is 2.61. The second-order valence-electron chi connectivity index (χ2n) is 5.56. The molecule has 0 saturated carbocycles. The maximum atomic E-state index is 10.1. The van der Waals surface area contributed by atoms with Crippen LogP contribution in [-0.2, 0) is 21.1 Å². The van der Waals surface area contributed by atoms with Crippen molar-refractivity contribution in [2.24, 2.45) is 0 Å². The van der Waals surface area contributed by atoms with Crippen molar-refractivity contribution in [3.63, 3.8) is 0 Å². The van der Waals surface area contributed by atoms with Gasteiger partial charge in [0.15, 0.2) is 0 Å². The van der Waals surface area contributed by atoms with Gasteiger partial charge in [-0.2, -0.15) is 11.8 Å². The maximum absolute atomic E-state index is 10.1. The number of rotatable bonds is 3. The third-order valence-corrected chi connectivity index (χ3v) is 3.81. The molecule has 7 heteroatoms. The number of aromatic hydroxyl groups is 1. The molecule has 26 heavy (non-hydrogen) atoms. The fourth-order valence-electron chi connectivity index (χ4n) is 2.61. The van der Waals surface area contributed by atoms with Crippen LogP contribution in [-0.4, -0.2) is 31.7 Å². The molecule has 1 aliphatic rings. The molecule has 2 heterocycles. The summed E-state index contributed by atoms with van der Waals surface area (Å²) in [6.45, 7) is 1.05. The topological polar surface area (TPSA) is 57.4 Å². The predicted octanol–water partition coefficient (Wildman–Crippen LogP) is 3.09. The molecule has 0 amide bonds. The second kappa shape index (κ2) is 7.34. The Morgan fingerprint density at radius 2 is 2.00 bits per heavy atom. The van der Waals surface area contributed by atoms with Gasteiger partial charge in [0.1, 0.15) is 17.3 Å². The van der Waals surface area contributed by atoms with E-state index in [4.69, 9.17) is 4.11 Å². The van der Waals surface area contributed by atoms with Gasteiger partial charge in [0.05, 0.1) is 5.82 Å². The van der Waals surface area contributed by atoms with E-state index in [0.29, 0.717) is 28.6 Å². The summed E-state index contributed by atoms with van der Waals surface area (Å²) in [4.78, 5) is 7.31. The van der Waals surface area contributed by atoms with Crippen molar-refractivity contribution >= 4 is 5.69 Å². The first kappa shape index (κ1) is 14.6. The van der Waals surface area contributed by atoms with E-state index in [1.807, 2.05) is 24.3 Å². The summed E-state index contributed by atoms with van der Waals surface area (Å²) >= 11 is 0. The standard InChI is InChI=1S/C19H17N5O.Pt/c1-14-20-19(21-24(14)17-8-3-4-9-18(17)25)15-6-5-7-16(12-15)23-11-10-22(2)13-23;/h3-11,13,25H,1-2H3;/q-2;+2/i2D3;. The molecule has 0 saturated heterocycles. The summed E-state index contributed by atoms with van der Waals surface area (Å²) in [5.41, 5.74) is 1.86. The Morgan fingerprint density at radius 1 is 1.15 bits per heavy atom. The van der Waals surface area contributed by atoms with Crippen molar-refractivity contribution in [2.45, 2.75) is 6.92 Å². The van der Waals surface area contributed by atoms with E-state index in [2.05, 4.69) is 16.1 Å². The van der Waals surface area contributed by atoms with E-state index in [0.717, 1.165) is 4.90 Å². The van der Waals surface area contributed by atoms with Crippen LogP contribution in [0.5, 0.6) is 5.75 Å². The SMILES string of the molecule is [2H]C([2H])([2H])N1C=CN(c2[c-]c(-c3nc(C)n(-c4ccccc4O)n3)ccc2)[CH-]1.[Pt+2]. The van der Waals surface area contributed by atoms with E-state index >= 15 is 0 Å². The zero-order chi connectivity index (χ0) is 19.9. The summed E-state index contributed by atoms with van der Waals surface area (Å²) in [7, 11) is 0. The van der Waals surface area contributed by atoms with Crippen LogP contribution in [0.4, 0.5) is 5.69 Å². The van der Waals surface area contributed by atoms with Crippen molar-refractivity contribution < 1.29 is 30.3 Å². The Morgan fingerprint density at radius 3 is 2.77 bits per heavy atom. The monoisotopic (exact) mass is 529 g/mol. The molecule has 0 aliphatic carbocycles. The molecule has 0 atom stereocenters. The van der Waals surface area contributed by atoms with Gasteiger partial charge in [-0.3, -0.25) is 4.98 Å². The Balaban J connectivity index is 0.00000240. The Labute approximate surface area is 170 Å². The first-order valence-corrected chi connectivity index (χ1v) is 7.68. The number of hydrogen-bond donors (Lipinski definition) is 1. The van der Waals surface area contributed by atoms with Gasteiger partial charge in [0.25, 0.3) is 0 Å². The first-order valence-electron chi connectivity index (χ1n) is 9.18. The molecule has 0 spiro atoms. The Bertz CT molecular complexity index is 1050. The molecule has 0 radical (unpaired) electrons. The molecule has 1 aromatic heterocycles. The largest absolute Gasteiger partial charge is 2.00 e. The molecule has 0 fully saturated rings. The number of nitrogens with zero attached hydrogens (tertiary/aromatic N) is 5. The van der Waals surface area contributed by atoms with Crippen molar-refractivity contribution in [1.82, 2.24) is 19.7 Å². The van der Waals surface area contributed by atoms with Crippen molar-refractivity contribution in [1.29, 1.82) is 0 Å². The van der Waals surface area contributed by atoms with Gasteiger partial charge in [-0.15, -0.1) is 29.8 Å². The summed E-state index contributed by atoms with van der Waals surface area (Å²) < 4.78 is 24.0. The maximum Gasteiger partial charge on any atom is 2.00 e. The molecule has 0 unspecified atom stereocenters. The summed E-state index contributed by atoms with van der Waals surface area (Å²) in [5.74, 6) is 1.19. The molecule has 134 valence electrons. The Kier molecular flexibility index (Phi) is 4.11. The van der Waals surface area contributed by atoms with Crippen LogP contribution in [0, 0.1) is 19.7 Å². The number of anilines is 1. The van der Waals surface area contributed by atoms with Crippen LogP contribution >= 0.6 is 0 Å². The van der Waals surface area contributed by atoms with Gasteiger partial charge in [-0.1, -0.05) is 17.8 Å². The van der Waals surface area contributed by atoms with Gasteiger partial charge < -0.3 is 14.9 Å². The molecular weight excluding hydrogens is 509 g/mol. The minimum atomic E-state index is -2.24. The smallest absolute Gasteiger partial charge is 0.510 e. The minimum Gasteiger partial charge on any atom is -0.510 e. The van der Waals surface area contributed by atoms with E-state index in [9.17, 15) is 5.11 Å². The summed E-state index contributed by atoms with van der Waals surface area (Å²) in [6, 6.07) is 15.6. The Hall–Kier alpha value is -2.59. The molecule has 6 nitrogen and oxygen atoms in total. The van der Waals surface area contributed by atoms with Crippen LogP contribution in [0.2, 0.25) is 0 Å². The van der Waals surface area contributed by atoms with Crippen LogP contribution in [0.3, 0.4) is 0 Å². The number of benzene rings is 2. The second-order valence-corrected chi connectivity index (χ2v) is 5.56. The van der Waals surface area contributed by atoms with Crippen LogP contribution < -0.4 is 4.90 Å². The third kappa shape index (κ3) is 3.37. The van der Waals surface area contributed by atoms with E-state index in [-0.39, 0.29) is 26.8 Å². The predicted molar refractivity (Wildman–Crippen MR) is 95.7 cm³/mol. The zero-order valence-electron chi connectivity index (χ0n) is 16.8. The number of aryl methyl sites for hydroxylation is 1. The molecule has 4 rings (SSSR count). The van der Waals surface area contributed by atoms with Crippen molar-refractivity contribution in [3.05, 3.63) is 73.4 Å². The molecule has 1 N–H and O–H groups in total. The van der Waals surface area contributed by atoms with Crippen LogP contribution in [0.25, 0.3) is 17.1 Å². The van der Waals surface area contributed by atoms with E-state index < -0.39 is 6.98 Å².